The molecule has 228 valence electrons. The smallest absolute Gasteiger partial charge is 0.325 e. The molecule has 0 bridgehead atoms. The van der Waals surface area contributed by atoms with Gasteiger partial charge in [0.1, 0.15) is 24.1 Å². The summed E-state index contributed by atoms with van der Waals surface area (Å²) in [4.78, 5) is 49.4. The molecule has 2 fully saturated rings. The fraction of sp³-hybridized carbons (Fsp3) is 0.500. The molecule has 1 unspecified atom stereocenters. The number of aromatic nitrogens is 5. The number of fused-ring (bicyclic) bond motifs is 1. The Morgan fingerprint density at radius 3 is 2.88 bits per heavy atom. The number of amides is 1. The number of nitrogens with one attached hydrogen (secondary N) is 2. The van der Waals surface area contributed by atoms with Gasteiger partial charge in [-0.1, -0.05) is 0 Å². The lowest BCUT2D eigenvalue weighted by Crippen LogP contribution is -2.31. The maximum absolute atomic E-state index is 15.1. The summed E-state index contributed by atoms with van der Waals surface area (Å²) < 4.78 is 40.3. The van der Waals surface area contributed by atoms with Crippen molar-refractivity contribution in [3.63, 3.8) is 0 Å². The van der Waals surface area contributed by atoms with Gasteiger partial charge in [0.25, 0.3) is 11.5 Å². The summed E-state index contributed by atoms with van der Waals surface area (Å²) in [5.74, 6) is -0.614. The number of aliphatic hydroxyl groups excluding tert-OH is 2. The highest BCUT2D eigenvalue weighted by molar-refractivity contribution is 8.07. The number of hydrogen-bond donors (Lipinski definition) is 6. The zero-order chi connectivity index (χ0) is 30.3. The number of anilines is 1. The molecule has 2 aliphatic rings. The lowest BCUT2D eigenvalue weighted by molar-refractivity contribution is -0.0554. The number of ether oxygens (including phenoxy) is 2. The number of nitrogen functional groups attached to an aromatic ring is 1. The third kappa shape index (κ3) is 5.62. The van der Waals surface area contributed by atoms with Gasteiger partial charge >= 0.3 is 6.72 Å². The highest BCUT2D eigenvalue weighted by atomic mass is 32.5. The van der Waals surface area contributed by atoms with Gasteiger partial charge in [-0.05, 0) is 24.6 Å². The minimum absolute atomic E-state index is 0.0265. The summed E-state index contributed by atoms with van der Waals surface area (Å²) >= 11 is 5.17. The quantitative estimate of drug-likeness (QED) is 0.121. The van der Waals surface area contributed by atoms with Crippen LogP contribution in [0.5, 0.6) is 0 Å². The van der Waals surface area contributed by atoms with Crippen molar-refractivity contribution in [1.82, 2.24) is 29.4 Å². The van der Waals surface area contributed by atoms with Crippen LogP contribution in [-0.4, -0.2) is 103 Å². The summed E-state index contributed by atoms with van der Waals surface area (Å²) in [6.45, 7) is -1.62. The first kappa shape index (κ1) is 30.3. The van der Waals surface area contributed by atoms with Crippen LogP contribution in [0.4, 0.5) is 16.2 Å². The Labute approximate surface area is 241 Å². The van der Waals surface area contributed by atoms with Gasteiger partial charge in [-0.3, -0.25) is 19.1 Å². The molecule has 0 aliphatic carbocycles. The van der Waals surface area contributed by atoms with Crippen LogP contribution in [0.25, 0.3) is 11.2 Å². The second-order valence-electron chi connectivity index (χ2n) is 9.45. The van der Waals surface area contributed by atoms with Crippen molar-refractivity contribution in [3.8, 4) is 0 Å². The molecule has 3 aromatic heterocycles. The van der Waals surface area contributed by atoms with Gasteiger partial charge in [-0.2, -0.15) is 4.98 Å². The number of aromatic amines is 1. The SMILES string of the molecule is C=Nc1c(C(=O)NC)ccn1[C@@H]1O[C@H](COP(O)(=S)O[C@@H]2C[C@@H](CO)O[C@H]2n2cnc3c(=O)[nH]c(N)nc32)[C@@H](O)[C@@H]1F. The van der Waals surface area contributed by atoms with Crippen LogP contribution >= 0.6 is 6.72 Å². The molecule has 2 aliphatic heterocycles. The molecular weight excluding hydrogens is 602 g/mol. The molecule has 8 atom stereocenters. The van der Waals surface area contributed by atoms with Gasteiger partial charge < -0.3 is 49.2 Å². The van der Waals surface area contributed by atoms with E-state index in [-0.39, 0.29) is 34.9 Å². The van der Waals surface area contributed by atoms with Gasteiger partial charge in [-0.15, -0.1) is 0 Å². The number of carbonyl (C=O) groups is 1. The van der Waals surface area contributed by atoms with Gasteiger partial charge in [0.2, 0.25) is 5.95 Å². The van der Waals surface area contributed by atoms with Crippen LogP contribution in [-0.2, 0) is 30.3 Å². The molecular formula is C22H28FN8O9PS. The number of aliphatic imine (C=N–C) groups is 1. The van der Waals surface area contributed by atoms with E-state index >= 15 is 4.39 Å². The second kappa shape index (κ2) is 11.9. The Morgan fingerprint density at radius 2 is 2.19 bits per heavy atom. The fourth-order valence-electron chi connectivity index (χ4n) is 4.86. The predicted molar refractivity (Wildman–Crippen MR) is 147 cm³/mol. The van der Waals surface area contributed by atoms with Gasteiger partial charge in [0.15, 0.2) is 29.8 Å². The van der Waals surface area contributed by atoms with E-state index in [1.807, 2.05) is 0 Å². The van der Waals surface area contributed by atoms with Crippen LogP contribution in [0, 0.1) is 0 Å². The van der Waals surface area contributed by atoms with Crippen LogP contribution in [0.15, 0.2) is 28.4 Å². The first-order valence-electron chi connectivity index (χ1n) is 12.5. The van der Waals surface area contributed by atoms with E-state index in [1.54, 1.807) is 0 Å². The summed E-state index contributed by atoms with van der Waals surface area (Å²) in [5, 5.41) is 22.6. The number of rotatable bonds is 10. The minimum atomic E-state index is -4.09. The summed E-state index contributed by atoms with van der Waals surface area (Å²) in [6.07, 6.45) is -6.40. The number of nitrogens with zero attached hydrogens (tertiary/aromatic N) is 5. The number of nitrogens with two attached hydrogens (primary N) is 1. The largest absolute Gasteiger partial charge is 0.394 e. The van der Waals surface area contributed by atoms with E-state index in [9.17, 15) is 24.7 Å². The van der Waals surface area contributed by atoms with Crippen LogP contribution in [0.3, 0.4) is 0 Å². The van der Waals surface area contributed by atoms with Crippen molar-refractivity contribution >= 4 is 54.1 Å². The molecule has 5 heterocycles. The Morgan fingerprint density at radius 1 is 1.43 bits per heavy atom. The maximum Gasteiger partial charge on any atom is 0.325 e. The molecule has 0 spiro atoms. The van der Waals surface area contributed by atoms with E-state index in [2.05, 4.69) is 32.0 Å². The van der Waals surface area contributed by atoms with Gasteiger partial charge in [-0.25, -0.2) is 14.4 Å². The number of alkyl halides is 1. The normalized spacial score (nSPS) is 29.1. The number of imidazole rings is 1. The molecule has 2 saturated heterocycles. The standard InChI is InChI=1S/C22H28FN8O9PS/c1-25-16-10(18(34)26-2)3-4-30(16)21-13(23)15(33)12(39-21)7-37-41(36,42)40-11-5-9(6-32)38-20(11)31-8-27-14-17(31)28-22(24)29-19(14)35/h3-4,8-9,11-13,15,20-21,32-33H,1,5-7H2,2H3,(H,26,34)(H,36,42)(H3,24,28,29,35)/t9-,11+,12+,13-,15+,20+,21+,41?/m0/s1. The monoisotopic (exact) mass is 630 g/mol. The number of aliphatic hydroxyl groups is 2. The molecule has 42 heavy (non-hydrogen) atoms. The highest BCUT2D eigenvalue weighted by Gasteiger charge is 2.47. The molecule has 0 radical (unpaired) electrons. The minimum Gasteiger partial charge on any atom is -0.394 e. The Hall–Kier alpha value is -3.13. The molecule has 0 aromatic carbocycles. The number of halogens is 1. The highest BCUT2D eigenvalue weighted by Crippen LogP contribution is 2.50. The van der Waals surface area contributed by atoms with Crippen molar-refractivity contribution in [2.24, 2.45) is 4.99 Å². The Balaban J connectivity index is 1.29. The number of hydrogen-bond acceptors (Lipinski definition) is 13. The molecule has 0 saturated carbocycles. The summed E-state index contributed by atoms with van der Waals surface area (Å²) in [6, 6.07) is 1.40. The van der Waals surface area contributed by atoms with Crippen molar-refractivity contribution in [2.75, 3.05) is 26.0 Å². The maximum atomic E-state index is 15.1. The third-order valence-corrected chi connectivity index (χ3v) is 8.41. The molecule has 17 nitrogen and oxygen atoms in total. The predicted octanol–water partition coefficient (Wildman–Crippen LogP) is -0.610. The number of carbonyl (C=O) groups excluding carboxylic acids is 1. The molecule has 7 N–H and O–H groups in total. The average molecular weight is 631 g/mol. The molecule has 1 amide bonds. The molecule has 5 rings (SSSR count). The van der Waals surface area contributed by atoms with Crippen molar-refractivity contribution in [3.05, 3.63) is 34.5 Å². The zero-order valence-corrected chi connectivity index (χ0v) is 23.7. The summed E-state index contributed by atoms with van der Waals surface area (Å²) in [5.41, 5.74) is 5.25. The fourth-order valence-corrected chi connectivity index (χ4v) is 6.30. The Bertz CT molecular complexity index is 1600. The lowest BCUT2D eigenvalue weighted by atomic mass is 10.1. The van der Waals surface area contributed by atoms with Crippen molar-refractivity contribution in [1.29, 1.82) is 0 Å². The lowest BCUT2D eigenvalue weighted by Gasteiger charge is -2.25. The van der Waals surface area contributed by atoms with Crippen LogP contribution in [0.1, 0.15) is 29.2 Å². The Kier molecular flexibility index (Phi) is 8.57. The second-order valence-corrected chi connectivity index (χ2v) is 12.2. The summed E-state index contributed by atoms with van der Waals surface area (Å²) in [7, 11) is 1.42. The number of H-pyrrole nitrogens is 1. The van der Waals surface area contributed by atoms with Crippen LogP contribution < -0.4 is 16.6 Å². The van der Waals surface area contributed by atoms with Gasteiger partial charge in [0, 0.05) is 19.7 Å². The van der Waals surface area contributed by atoms with Gasteiger partial charge in [0.05, 0.1) is 31.2 Å². The van der Waals surface area contributed by atoms with E-state index in [0.717, 1.165) is 0 Å². The van der Waals surface area contributed by atoms with E-state index in [1.165, 1.54) is 34.8 Å². The first-order chi connectivity index (χ1) is 20.0. The topological polar surface area (TPSA) is 234 Å². The van der Waals surface area contributed by atoms with E-state index < -0.39 is 74.4 Å². The van der Waals surface area contributed by atoms with E-state index in [4.69, 9.17) is 36.1 Å². The zero-order valence-electron chi connectivity index (χ0n) is 21.9. The third-order valence-electron chi connectivity index (χ3n) is 6.82. The van der Waals surface area contributed by atoms with Crippen molar-refractivity contribution < 1.29 is 42.8 Å². The molecule has 20 heteroatoms. The van der Waals surface area contributed by atoms with Crippen molar-refractivity contribution in [2.45, 2.75) is 49.5 Å². The first-order valence-corrected chi connectivity index (χ1v) is 15.1. The molecule has 3 aromatic rings. The van der Waals surface area contributed by atoms with E-state index in [0.29, 0.717) is 0 Å². The van der Waals surface area contributed by atoms with Crippen LogP contribution in [0.2, 0.25) is 0 Å². The average Bonchev–Trinajstić information content (AvgIpc) is 3.72.